The Morgan fingerprint density at radius 3 is 2.29 bits per heavy atom. The zero-order chi connectivity index (χ0) is 24.8. The fraction of sp³-hybridized carbons (Fsp3) is 0.250. The highest BCUT2D eigenvalue weighted by molar-refractivity contribution is 7.93. The first kappa shape index (κ1) is 25.0. The molecule has 6 N–H and O–H groups in total. The van der Waals surface area contributed by atoms with Gasteiger partial charge in [-0.25, -0.2) is 18.2 Å². The number of benzene rings is 2. The number of carbonyl (C=O) groups excluding carboxylic acids is 1. The topological polar surface area (TPSA) is 149 Å². The number of amides is 2. The highest BCUT2D eigenvalue weighted by Gasteiger charge is 2.48. The molecule has 1 saturated heterocycles. The lowest BCUT2D eigenvalue weighted by Gasteiger charge is -2.37. The van der Waals surface area contributed by atoms with Crippen LogP contribution in [0.3, 0.4) is 0 Å². The predicted octanol–water partition coefficient (Wildman–Crippen LogP) is 2.63. The molecule has 9 nitrogen and oxygen atoms in total. The highest BCUT2D eigenvalue weighted by Crippen LogP contribution is 2.38. The van der Waals surface area contributed by atoms with Gasteiger partial charge in [-0.15, -0.1) is 0 Å². The Hall–Kier alpha value is -3.63. The minimum Gasteiger partial charge on any atom is -0.401 e. The van der Waals surface area contributed by atoms with Crippen molar-refractivity contribution in [2.75, 3.05) is 25.6 Å². The van der Waals surface area contributed by atoms with Gasteiger partial charge in [0.2, 0.25) is 0 Å². The zero-order valence-corrected chi connectivity index (χ0v) is 19.8. The van der Waals surface area contributed by atoms with Crippen LogP contribution in [0.2, 0.25) is 0 Å². The molecular formula is C24H29N5O4S. The number of amidine groups is 1. The summed E-state index contributed by atoms with van der Waals surface area (Å²) in [7, 11) is -2.29. The van der Waals surface area contributed by atoms with E-state index in [2.05, 4.69) is 22.2 Å². The standard InChI is InChI=1S/C24H29N5O4S/c1-17(18-8-10-19(11-9-18)29-23(30)27-2)28-22(26)16-21(25)24(12-14-33-15-13-24)34(31,32)20-6-4-3-5-7-20/h3-11,16H,1,12-15,25H2,2H3,(H2,26,28)(H2,27,29,30)/b21-16-. The van der Waals surface area contributed by atoms with E-state index in [0.29, 0.717) is 16.9 Å². The Kier molecular flexibility index (Phi) is 7.75. The van der Waals surface area contributed by atoms with Gasteiger partial charge in [-0.05, 0) is 42.7 Å². The van der Waals surface area contributed by atoms with Crippen LogP contribution in [-0.4, -0.2) is 45.3 Å². The lowest BCUT2D eigenvalue weighted by Crippen LogP contribution is -2.48. The number of anilines is 1. The Bertz CT molecular complexity index is 1200. The number of sulfone groups is 1. The monoisotopic (exact) mass is 483 g/mol. The Morgan fingerprint density at radius 2 is 1.71 bits per heavy atom. The van der Waals surface area contributed by atoms with Crippen LogP contribution in [0, 0.1) is 0 Å². The highest BCUT2D eigenvalue weighted by atomic mass is 32.2. The Morgan fingerprint density at radius 1 is 1.09 bits per heavy atom. The number of nitrogens with two attached hydrogens (primary N) is 2. The summed E-state index contributed by atoms with van der Waals surface area (Å²) in [6.07, 6.45) is 1.81. The Labute approximate surface area is 199 Å². The molecule has 1 heterocycles. The molecule has 1 fully saturated rings. The van der Waals surface area contributed by atoms with Crippen molar-refractivity contribution in [1.82, 2.24) is 5.32 Å². The summed E-state index contributed by atoms with van der Waals surface area (Å²) in [5.74, 6) is 0.0317. The number of ether oxygens (including phenoxy) is 1. The molecule has 1 aliphatic rings. The molecule has 0 unspecified atom stereocenters. The van der Waals surface area contributed by atoms with E-state index >= 15 is 0 Å². The van der Waals surface area contributed by atoms with Gasteiger partial charge < -0.3 is 26.8 Å². The van der Waals surface area contributed by atoms with Gasteiger partial charge >= 0.3 is 6.03 Å². The minimum atomic E-state index is -3.81. The van der Waals surface area contributed by atoms with E-state index in [9.17, 15) is 13.2 Å². The van der Waals surface area contributed by atoms with Gasteiger partial charge in [-0.3, -0.25) is 0 Å². The van der Waals surface area contributed by atoms with E-state index in [-0.39, 0.29) is 48.5 Å². The molecule has 34 heavy (non-hydrogen) atoms. The maximum atomic E-state index is 13.6. The Balaban J connectivity index is 1.87. The number of hydrogen-bond acceptors (Lipinski definition) is 6. The van der Waals surface area contributed by atoms with Crippen molar-refractivity contribution < 1.29 is 17.9 Å². The molecule has 2 amide bonds. The lowest BCUT2D eigenvalue weighted by atomic mass is 9.95. The number of nitrogens with zero attached hydrogens (tertiary/aromatic N) is 1. The first-order chi connectivity index (χ1) is 16.2. The molecular weight excluding hydrogens is 454 g/mol. The maximum Gasteiger partial charge on any atom is 0.318 e. The molecule has 2 aromatic carbocycles. The summed E-state index contributed by atoms with van der Waals surface area (Å²) < 4.78 is 31.3. The molecule has 0 saturated carbocycles. The average molecular weight is 484 g/mol. The van der Waals surface area contributed by atoms with Gasteiger partial charge in [0.05, 0.1) is 10.6 Å². The van der Waals surface area contributed by atoms with Crippen molar-refractivity contribution in [3.8, 4) is 0 Å². The second-order valence-electron chi connectivity index (χ2n) is 7.79. The smallest absolute Gasteiger partial charge is 0.318 e. The van der Waals surface area contributed by atoms with Crippen LogP contribution in [0.1, 0.15) is 18.4 Å². The van der Waals surface area contributed by atoms with Crippen molar-refractivity contribution in [3.05, 3.63) is 78.5 Å². The van der Waals surface area contributed by atoms with E-state index in [0.717, 1.165) is 0 Å². The van der Waals surface area contributed by atoms with Crippen LogP contribution in [0.4, 0.5) is 10.5 Å². The number of rotatable bonds is 7. The molecule has 180 valence electrons. The summed E-state index contributed by atoms with van der Waals surface area (Å²) >= 11 is 0. The van der Waals surface area contributed by atoms with E-state index in [1.54, 1.807) is 54.6 Å². The number of carbonyl (C=O) groups is 1. The van der Waals surface area contributed by atoms with Crippen molar-refractivity contribution >= 4 is 33.1 Å². The first-order valence-electron chi connectivity index (χ1n) is 10.7. The van der Waals surface area contributed by atoms with Crippen LogP contribution >= 0.6 is 0 Å². The first-order valence-corrected chi connectivity index (χ1v) is 12.2. The summed E-state index contributed by atoms with van der Waals surface area (Å²) in [4.78, 5) is 15.9. The molecule has 0 radical (unpaired) electrons. The van der Waals surface area contributed by atoms with E-state index in [1.807, 2.05) is 0 Å². The van der Waals surface area contributed by atoms with Crippen LogP contribution < -0.4 is 22.1 Å². The van der Waals surface area contributed by atoms with Gasteiger partial charge in [0.15, 0.2) is 9.84 Å². The molecule has 3 rings (SSSR count). The van der Waals surface area contributed by atoms with Crippen molar-refractivity contribution in [3.63, 3.8) is 0 Å². The molecule has 0 bridgehead atoms. The van der Waals surface area contributed by atoms with Crippen LogP contribution in [0.5, 0.6) is 0 Å². The van der Waals surface area contributed by atoms with Crippen molar-refractivity contribution in [2.24, 2.45) is 16.5 Å². The molecule has 0 atom stereocenters. The summed E-state index contributed by atoms with van der Waals surface area (Å²) in [6, 6.07) is 14.8. The SMILES string of the molecule is C=C(N=C(N)/C=C(\N)C1(S(=O)(=O)c2ccccc2)CCOCC1)c1ccc(NC(=O)NC)cc1. The van der Waals surface area contributed by atoms with Crippen molar-refractivity contribution in [2.45, 2.75) is 22.5 Å². The van der Waals surface area contributed by atoms with Gasteiger partial charge in [-0.1, -0.05) is 36.9 Å². The number of urea groups is 1. The third kappa shape index (κ3) is 5.29. The molecule has 0 aliphatic carbocycles. The average Bonchev–Trinajstić information content (AvgIpc) is 2.85. The van der Waals surface area contributed by atoms with E-state index in [1.165, 1.54) is 13.1 Å². The third-order valence-corrected chi connectivity index (χ3v) is 8.23. The van der Waals surface area contributed by atoms with Gasteiger partial charge in [0, 0.05) is 37.7 Å². The third-order valence-electron chi connectivity index (χ3n) is 5.66. The van der Waals surface area contributed by atoms with E-state index in [4.69, 9.17) is 16.2 Å². The maximum absolute atomic E-state index is 13.6. The quantitative estimate of drug-likeness (QED) is 0.351. The lowest BCUT2D eigenvalue weighted by molar-refractivity contribution is 0.0822. The molecule has 10 heteroatoms. The van der Waals surface area contributed by atoms with Crippen LogP contribution in [-0.2, 0) is 14.6 Å². The van der Waals surface area contributed by atoms with Gasteiger partial charge in [0.25, 0.3) is 0 Å². The number of hydrogen-bond donors (Lipinski definition) is 4. The van der Waals surface area contributed by atoms with Crippen LogP contribution in [0.25, 0.3) is 5.70 Å². The van der Waals surface area contributed by atoms with E-state index < -0.39 is 14.6 Å². The second kappa shape index (κ2) is 10.5. The summed E-state index contributed by atoms with van der Waals surface area (Å²) in [6.45, 7) is 4.46. The molecule has 2 aromatic rings. The zero-order valence-electron chi connectivity index (χ0n) is 19.0. The molecule has 1 aliphatic heterocycles. The normalized spacial score (nSPS) is 16.5. The fourth-order valence-electron chi connectivity index (χ4n) is 3.72. The number of aliphatic imine (C=N–C) groups is 1. The van der Waals surface area contributed by atoms with Crippen LogP contribution in [0.15, 0.2) is 82.8 Å². The predicted molar refractivity (Wildman–Crippen MR) is 134 cm³/mol. The second-order valence-corrected chi connectivity index (χ2v) is 10.0. The fourth-order valence-corrected chi connectivity index (χ4v) is 5.76. The van der Waals surface area contributed by atoms with Crippen molar-refractivity contribution in [1.29, 1.82) is 0 Å². The summed E-state index contributed by atoms with van der Waals surface area (Å²) in [5, 5.41) is 5.13. The van der Waals surface area contributed by atoms with Gasteiger partial charge in [-0.2, -0.15) is 0 Å². The largest absolute Gasteiger partial charge is 0.401 e. The summed E-state index contributed by atoms with van der Waals surface area (Å²) in [5.41, 5.74) is 14.3. The number of nitrogens with one attached hydrogen (secondary N) is 2. The minimum absolute atomic E-state index is 0.0317. The molecule has 0 aromatic heterocycles. The van der Waals surface area contributed by atoms with Gasteiger partial charge in [0.1, 0.15) is 10.6 Å². The molecule has 0 spiro atoms.